The number of nitrogens with zero attached hydrogens (tertiary/aromatic N) is 4. The number of anilines is 1. The first-order valence-electron chi connectivity index (χ1n) is 15.6. The number of H-pyrrole nitrogens is 2. The molecular weight excluding hydrogens is 864 g/mol. The molecule has 0 amide bonds. The topological polar surface area (TPSA) is 456 Å². The van der Waals surface area contributed by atoms with Gasteiger partial charge in [-0.3, -0.25) is 37.7 Å². The normalized spacial score (nSPS) is 29.6. The van der Waals surface area contributed by atoms with Gasteiger partial charge in [-0.05, 0) is 0 Å². The van der Waals surface area contributed by atoms with Crippen LogP contribution in [0.1, 0.15) is 18.0 Å². The molecule has 0 bridgehead atoms. The van der Waals surface area contributed by atoms with Gasteiger partial charge < -0.3 is 60.9 Å². The van der Waals surface area contributed by atoms with Crippen LogP contribution in [0.3, 0.4) is 0 Å². The zero-order valence-corrected chi connectivity index (χ0v) is 32.2. The van der Waals surface area contributed by atoms with Crippen LogP contribution in [0.15, 0.2) is 33.0 Å². The number of nitrogens with one attached hydrogen (secondary N) is 2. The van der Waals surface area contributed by atoms with Gasteiger partial charge >= 0.3 is 42.6 Å². The second kappa shape index (κ2) is 16.8. The monoisotopic (exact) mass is 899 g/mol. The molecule has 57 heavy (non-hydrogen) atoms. The predicted molar refractivity (Wildman–Crippen MR) is 182 cm³/mol. The average Bonchev–Trinajstić information content (AvgIpc) is 3.66. The lowest BCUT2D eigenvalue weighted by Crippen LogP contribution is -2.46. The number of nitrogen functional groups attached to an aromatic ring is 1. The van der Waals surface area contributed by atoms with Crippen LogP contribution >= 0.6 is 31.3 Å². The van der Waals surface area contributed by atoms with Crippen LogP contribution in [-0.4, -0.2) is 120 Å². The Labute approximate surface area is 315 Å². The molecule has 0 aliphatic carbocycles. The number of phosphoric ester groups is 2. The van der Waals surface area contributed by atoms with Crippen LogP contribution in [0.25, 0.3) is 17.2 Å². The highest BCUT2D eigenvalue weighted by Crippen LogP contribution is 2.71. The Kier molecular flexibility index (Phi) is 13.3. The Morgan fingerprint density at radius 2 is 1.39 bits per heavy atom. The third kappa shape index (κ3) is 10.4. The molecule has 0 radical (unpaired) electrons. The van der Waals surface area contributed by atoms with Gasteiger partial charge in [0, 0.05) is 12.7 Å². The number of aryl methyl sites for hydroxylation is 1. The highest BCUT2D eigenvalue weighted by Gasteiger charge is 2.51. The van der Waals surface area contributed by atoms with Crippen molar-refractivity contribution in [1.82, 2.24) is 24.1 Å². The first-order chi connectivity index (χ1) is 26.3. The zero-order chi connectivity index (χ0) is 42.4. The first-order valence-corrected chi connectivity index (χ1v) is 21.6. The molecule has 2 aliphatic rings. The van der Waals surface area contributed by atoms with Crippen LogP contribution in [0, 0.1) is 0 Å². The molecule has 0 aromatic carbocycles. The van der Waals surface area contributed by atoms with E-state index in [2.05, 4.69) is 31.9 Å². The first kappa shape index (κ1) is 44.9. The zero-order valence-electron chi connectivity index (χ0n) is 28.6. The van der Waals surface area contributed by atoms with Crippen molar-refractivity contribution in [1.29, 1.82) is 0 Å². The average molecular weight is 899 g/mol. The minimum absolute atomic E-state index is 0.0126. The summed E-state index contributed by atoms with van der Waals surface area (Å²) >= 11 is 0. The lowest BCUT2D eigenvalue weighted by molar-refractivity contribution is -0.745. The number of aromatic nitrogens is 6. The molecule has 0 spiro atoms. The Bertz CT molecular complexity index is 2400. The van der Waals surface area contributed by atoms with Crippen molar-refractivity contribution < 1.29 is 94.3 Å². The van der Waals surface area contributed by atoms with Gasteiger partial charge in [0.05, 0.1) is 25.8 Å². The van der Waals surface area contributed by atoms with Crippen molar-refractivity contribution in [3.05, 3.63) is 55.4 Å². The van der Waals surface area contributed by atoms with Gasteiger partial charge in [-0.25, -0.2) is 27.6 Å². The number of nitrogens with two attached hydrogens (primary N) is 2. The number of phosphoric acid groups is 4. The molecule has 2 fully saturated rings. The number of hydrogen-bond donors (Lipinski definition) is 12. The summed E-state index contributed by atoms with van der Waals surface area (Å²) in [5, 5.41) is 41.9. The summed E-state index contributed by atoms with van der Waals surface area (Å²) < 4.78 is 84.0. The van der Waals surface area contributed by atoms with Crippen LogP contribution in [0.2, 0.25) is 0 Å². The maximum atomic E-state index is 12.5. The third-order valence-corrected chi connectivity index (χ3v) is 13.8. The molecule has 2 aliphatic heterocycles. The molecule has 3 aromatic rings. The maximum Gasteiger partial charge on any atom is 0.490 e. The summed E-state index contributed by atoms with van der Waals surface area (Å²) in [7, 11) is -22.8. The second-order valence-corrected chi connectivity index (χ2v) is 18.2. The van der Waals surface area contributed by atoms with Gasteiger partial charge in [0.1, 0.15) is 36.6 Å². The lowest BCUT2D eigenvalue weighted by Gasteiger charge is -2.21. The highest BCUT2D eigenvalue weighted by molar-refractivity contribution is 7.69. The summed E-state index contributed by atoms with van der Waals surface area (Å²) in [6.07, 6.45) is -9.52. The summed E-state index contributed by atoms with van der Waals surface area (Å²) in [4.78, 5) is 84.6. The molecule has 5 rings (SSSR count). The largest absolute Gasteiger partial charge is 0.490 e. The molecule has 0 saturated carbocycles. The van der Waals surface area contributed by atoms with E-state index in [1.807, 2.05) is 4.98 Å². The minimum atomic E-state index is -6.27. The van der Waals surface area contributed by atoms with Gasteiger partial charge in [-0.1, -0.05) is 17.1 Å². The minimum Gasteiger partial charge on any atom is -0.387 e. The Balaban J connectivity index is 1.16. The molecule has 14 N–H and O–H groups in total. The van der Waals surface area contributed by atoms with E-state index < -0.39 is 110 Å². The fourth-order valence-electron chi connectivity index (χ4n) is 5.46. The van der Waals surface area contributed by atoms with Gasteiger partial charge in [0.25, 0.3) is 17.1 Å². The fraction of sp³-hybridized carbons (Fsp3) is 0.522. The lowest BCUT2D eigenvalue weighted by atomic mass is 10.1. The van der Waals surface area contributed by atoms with Crippen molar-refractivity contribution in [2.45, 2.75) is 49.1 Å². The third-order valence-electron chi connectivity index (χ3n) is 7.86. The van der Waals surface area contributed by atoms with Crippen LogP contribution in [0.5, 0.6) is 0 Å². The number of fused-ring (bicyclic) bond motifs is 1. The summed E-state index contributed by atoms with van der Waals surface area (Å²) in [6.45, 7) is -2.40. The van der Waals surface area contributed by atoms with Crippen LogP contribution in [-0.2, 0) is 56.8 Å². The Morgan fingerprint density at radius 3 is 1.96 bits per heavy atom. The van der Waals surface area contributed by atoms with E-state index >= 15 is 0 Å². The van der Waals surface area contributed by atoms with Crippen molar-refractivity contribution in [2.24, 2.45) is 12.8 Å². The standard InChI is InChI=1S/C23H34N8O22P4/c1-29-8-31(17-12(29)19(37)27-22(25)26-17)21-16(35)14(33)11(50-21)7-48-55(41,42)52-57(45,46)53-56(43,44)51-54(39,40)47-6-10-13(32)15(34)20(49-10)30-5-9(3-2-4-24)18(36)28-23(30)38/h2-3,5,8,10-11,13-16,20-21,32-35H,4,6-7,24H2,1H3,(H7-,25,26,27,28,36,37,38,39,40,41,42,43,44,45,46)/p+1/b3-2+/t10-,11-,13+,14?,15?,16?,20-,21-/m1/s1. The van der Waals surface area contributed by atoms with E-state index in [0.717, 1.165) is 10.8 Å². The number of ether oxygens (including phenoxy) is 2. The maximum absolute atomic E-state index is 12.5. The quantitative estimate of drug-likeness (QED) is 0.0475. The van der Waals surface area contributed by atoms with Crippen LogP contribution in [0.4, 0.5) is 5.95 Å². The van der Waals surface area contributed by atoms with E-state index in [9.17, 15) is 72.6 Å². The van der Waals surface area contributed by atoms with Gasteiger partial charge in [0.15, 0.2) is 12.6 Å². The number of rotatable bonds is 16. The summed E-state index contributed by atoms with van der Waals surface area (Å²) in [5.74, 6) is -0.314. The SMILES string of the molecule is Cn1c[n+]([C@@H]2O[C@H](COP(=O)(O)OP(=O)(O)OP(=O)(O)OP(=O)(O)OC[C@H]3O[C@@H](n4cc(/C=C/CN)c(=O)[nH]c4=O)C(O)[C@H]3O)C(O)C2O)c2nc(N)[nH]c(=O)c21. The van der Waals surface area contributed by atoms with E-state index in [0.29, 0.717) is 4.57 Å². The summed E-state index contributed by atoms with van der Waals surface area (Å²) in [5.41, 5.74) is 8.06. The summed E-state index contributed by atoms with van der Waals surface area (Å²) in [6, 6.07) is 0. The number of imidazole rings is 1. The molecule has 2 saturated heterocycles. The number of aliphatic hydroxyl groups is 4. The molecule has 30 nitrogen and oxygen atoms in total. The van der Waals surface area contributed by atoms with Crippen molar-refractivity contribution in [2.75, 3.05) is 25.5 Å². The molecular formula is C23H35N8O22P4+. The molecule has 318 valence electrons. The van der Waals surface area contributed by atoms with Crippen molar-refractivity contribution in [3.8, 4) is 0 Å². The van der Waals surface area contributed by atoms with E-state index in [4.69, 9.17) is 20.9 Å². The molecule has 34 heteroatoms. The molecule has 7 unspecified atom stereocenters. The van der Waals surface area contributed by atoms with E-state index in [1.165, 1.54) is 30.1 Å². The highest BCUT2D eigenvalue weighted by atomic mass is 31.3. The van der Waals surface area contributed by atoms with E-state index in [1.54, 1.807) is 0 Å². The fourth-order valence-corrected chi connectivity index (χ4v) is 10.4. The number of aliphatic hydroxyl groups excluding tert-OH is 4. The van der Waals surface area contributed by atoms with Crippen molar-refractivity contribution >= 4 is 54.5 Å². The van der Waals surface area contributed by atoms with Gasteiger partial charge in [0.2, 0.25) is 11.7 Å². The molecule has 5 heterocycles. The Hall–Kier alpha value is -3.15. The number of hydrogen-bond acceptors (Lipinski definition) is 21. The molecule has 12 atom stereocenters. The smallest absolute Gasteiger partial charge is 0.387 e. The Morgan fingerprint density at radius 1 is 0.842 bits per heavy atom. The molecule has 3 aromatic heterocycles. The number of aromatic amines is 2. The predicted octanol–water partition coefficient (Wildman–Crippen LogP) is -4.62. The van der Waals surface area contributed by atoms with Crippen molar-refractivity contribution in [3.63, 3.8) is 0 Å². The van der Waals surface area contributed by atoms with Crippen LogP contribution < -0.4 is 32.8 Å². The van der Waals surface area contributed by atoms with Gasteiger partial charge in [-0.2, -0.15) is 12.9 Å². The second-order valence-electron chi connectivity index (χ2n) is 11.9. The van der Waals surface area contributed by atoms with E-state index in [-0.39, 0.29) is 29.2 Å². The van der Waals surface area contributed by atoms with Gasteiger partial charge in [-0.15, -0.1) is 0 Å².